The summed E-state index contributed by atoms with van der Waals surface area (Å²) in [5.41, 5.74) is 0. The summed E-state index contributed by atoms with van der Waals surface area (Å²) in [5.74, 6) is 0. The highest BCUT2D eigenvalue weighted by atomic mass is 16.5. The average Bonchev–Trinajstić information content (AvgIpc) is 2.29. The molecule has 0 N–H and O–H groups in total. The zero-order chi connectivity index (χ0) is 12.3. The van der Waals surface area contributed by atoms with Gasteiger partial charge in [-0.3, -0.25) is 9.80 Å². The van der Waals surface area contributed by atoms with Crippen LogP contribution in [0.15, 0.2) is 0 Å². The fraction of sp³-hybridized carbons (Fsp3) is 1.00. The number of fused-ring (bicyclic) bond motifs is 1. The van der Waals surface area contributed by atoms with Crippen LogP contribution in [0.4, 0.5) is 0 Å². The van der Waals surface area contributed by atoms with Crippen molar-refractivity contribution in [2.24, 2.45) is 0 Å². The van der Waals surface area contributed by atoms with Gasteiger partial charge in [0.15, 0.2) is 0 Å². The third-order valence-corrected chi connectivity index (χ3v) is 4.15. The Hall–Kier alpha value is -0.120. The Morgan fingerprint density at radius 2 is 2.06 bits per heavy atom. The Morgan fingerprint density at radius 1 is 1.24 bits per heavy atom. The molecular weight excluding hydrogens is 212 g/mol. The van der Waals surface area contributed by atoms with E-state index in [2.05, 4.69) is 30.6 Å². The summed E-state index contributed by atoms with van der Waals surface area (Å²) < 4.78 is 5.67. The Bertz CT molecular complexity index is 232. The van der Waals surface area contributed by atoms with Crippen molar-refractivity contribution in [1.82, 2.24) is 9.80 Å². The standard InChI is InChI=1S/C14H28N2O/c1-12(2)17-9-8-15-11-14-6-4-5-7-16(14)10-13(15)3/h12-14H,4-11H2,1-3H3. The molecule has 2 aliphatic rings. The number of rotatable bonds is 4. The maximum Gasteiger partial charge on any atom is 0.0597 e. The second-order valence-electron chi connectivity index (χ2n) is 5.91. The molecule has 3 nitrogen and oxygen atoms in total. The molecule has 2 saturated heterocycles. The molecule has 100 valence electrons. The maximum absolute atomic E-state index is 5.67. The maximum atomic E-state index is 5.67. The largest absolute Gasteiger partial charge is 0.377 e. The van der Waals surface area contributed by atoms with Gasteiger partial charge in [-0.15, -0.1) is 0 Å². The van der Waals surface area contributed by atoms with Crippen LogP contribution < -0.4 is 0 Å². The zero-order valence-corrected chi connectivity index (χ0v) is 11.7. The predicted octanol–water partition coefficient (Wildman–Crippen LogP) is 1.97. The number of nitrogens with zero attached hydrogens (tertiary/aromatic N) is 2. The van der Waals surface area contributed by atoms with Crippen LogP contribution in [-0.4, -0.2) is 60.8 Å². The molecule has 0 amide bonds. The molecule has 0 bridgehead atoms. The Labute approximate surface area is 106 Å². The predicted molar refractivity (Wildman–Crippen MR) is 71.3 cm³/mol. The van der Waals surface area contributed by atoms with Crippen LogP contribution in [0.5, 0.6) is 0 Å². The van der Waals surface area contributed by atoms with E-state index >= 15 is 0 Å². The van der Waals surface area contributed by atoms with Gasteiger partial charge >= 0.3 is 0 Å². The van der Waals surface area contributed by atoms with Gasteiger partial charge in [0, 0.05) is 31.7 Å². The highest BCUT2D eigenvalue weighted by Gasteiger charge is 2.32. The van der Waals surface area contributed by atoms with E-state index in [-0.39, 0.29) is 0 Å². The fourth-order valence-electron chi connectivity index (χ4n) is 3.13. The van der Waals surface area contributed by atoms with Crippen LogP contribution in [-0.2, 0) is 4.74 Å². The molecule has 0 spiro atoms. The van der Waals surface area contributed by atoms with Crippen molar-refractivity contribution in [2.75, 3.05) is 32.8 Å². The van der Waals surface area contributed by atoms with Crippen LogP contribution >= 0.6 is 0 Å². The minimum atomic E-state index is 0.362. The summed E-state index contributed by atoms with van der Waals surface area (Å²) in [6.45, 7) is 12.4. The van der Waals surface area contributed by atoms with E-state index < -0.39 is 0 Å². The van der Waals surface area contributed by atoms with Crippen molar-refractivity contribution < 1.29 is 4.74 Å². The summed E-state index contributed by atoms with van der Waals surface area (Å²) in [5, 5.41) is 0. The van der Waals surface area contributed by atoms with Gasteiger partial charge in [-0.05, 0) is 40.2 Å². The topological polar surface area (TPSA) is 15.7 Å². The number of piperazine rings is 1. The van der Waals surface area contributed by atoms with Gasteiger partial charge in [0.1, 0.15) is 0 Å². The quantitative estimate of drug-likeness (QED) is 0.747. The van der Waals surface area contributed by atoms with Gasteiger partial charge in [-0.25, -0.2) is 0 Å². The molecule has 0 aromatic carbocycles. The molecule has 2 aliphatic heterocycles. The second kappa shape index (κ2) is 6.17. The molecule has 0 aliphatic carbocycles. The van der Waals surface area contributed by atoms with Crippen molar-refractivity contribution in [3.63, 3.8) is 0 Å². The highest BCUT2D eigenvalue weighted by Crippen LogP contribution is 2.23. The Balaban J connectivity index is 1.78. The van der Waals surface area contributed by atoms with Crippen molar-refractivity contribution in [2.45, 2.75) is 58.2 Å². The number of piperidine rings is 1. The molecule has 0 aromatic heterocycles. The third-order valence-electron chi connectivity index (χ3n) is 4.15. The third kappa shape index (κ3) is 3.67. The minimum Gasteiger partial charge on any atom is -0.377 e. The summed E-state index contributed by atoms with van der Waals surface area (Å²) >= 11 is 0. The number of hydrogen-bond acceptors (Lipinski definition) is 3. The highest BCUT2D eigenvalue weighted by molar-refractivity contribution is 4.88. The van der Waals surface area contributed by atoms with Gasteiger partial charge in [0.05, 0.1) is 12.7 Å². The van der Waals surface area contributed by atoms with Crippen LogP contribution in [0.3, 0.4) is 0 Å². The molecule has 2 fully saturated rings. The van der Waals surface area contributed by atoms with Crippen LogP contribution in [0.25, 0.3) is 0 Å². The first kappa shape index (κ1) is 13.3. The first-order valence-corrected chi connectivity index (χ1v) is 7.26. The van der Waals surface area contributed by atoms with E-state index in [4.69, 9.17) is 4.74 Å². The molecular formula is C14H28N2O. The van der Waals surface area contributed by atoms with Crippen LogP contribution in [0.2, 0.25) is 0 Å². The molecule has 0 saturated carbocycles. The van der Waals surface area contributed by atoms with Gasteiger partial charge in [0.25, 0.3) is 0 Å². The summed E-state index contributed by atoms with van der Waals surface area (Å²) in [7, 11) is 0. The van der Waals surface area contributed by atoms with E-state index in [0.717, 1.165) is 19.2 Å². The van der Waals surface area contributed by atoms with E-state index in [1.54, 1.807) is 0 Å². The lowest BCUT2D eigenvalue weighted by Gasteiger charge is -2.47. The van der Waals surface area contributed by atoms with E-state index in [0.29, 0.717) is 12.1 Å². The van der Waals surface area contributed by atoms with Crippen molar-refractivity contribution in [1.29, 1.82) is 0 Å². The van der Waals surface area contributed by atoms with Gasteiger partial charge in [0.2, 0.25) is 0 Å². The molecule has 0 radical (unpaired) electrons. The normalized spacial score (nSPS) is 31.8. The average molecular weight is 240 g/mol. The molecule has 2 atom stereocenters. The Morgan fingerprint density at radius 3 is 2.82 bits per heavy atom. The first-order chi connectivity index (χ1) is 8.16. The monoisotopic (exact) mass is 240 g/mol. The summed E-state index contributed by atoms with van der Waals surface area (Å²) in [4.78, 5) is 5.32. The SMILES string of the molecule is CC(C)OCCN1CC2CCCCN2CC1C. The lowest BCUT2D eigenvalue weighted by molar-refractivity contribution is -0.00902. The molecule has 2 heterocycles. The van der Waals surface area contributed by atoms with Crippen molar-refractivity contribution in [3.8, 4) is 0 Å². The summed E-state index contributed by atoms with van der Waals surface area (Å²) in [6, 6.07) is 1.51. The van der Waals surface area contributed by atoms with Gasteiger partial charge in [-0.1, -0.05) is 6.42 Å². The lowest BCUT2D eigenvalue weighted by atomic mass is 9.97. The molecule has 17 heavy (non-hydrogen) atoms. The minimum absolute atomic E-state index is 0.362. The van der Waals surface area contributed by atoms with Gasteiger partial charge in [-0.2, -0.15) is 0 Å². The van der Waals surface area contributed by atoms with Crippen molar-refractivity contribution in [3.05, 3.63) is 0 Å². The van der Waals surface area contributed by atoms with Crippen LogP contribution in [0.1, 0.15) is 40.0 Å². The number of ether oxygens (including phenoxy) is 1. The smallest absolute Gasteiger partial charge is 0.0597 e. The fourth-order valence-corrected chi connectivity index (χ4v) is 3.13. The van der Waals surface area contributed by atoms with Crippen LogP contribution in [0, 0.1) is 0 Å². The molecule has 2 rings (SSSR count). The number of hydrogen-bond donors (Lipinski definition) is 0. The molecule has 3 heteroatoms. The Kier molecular flexibility index (Phi) is 4.83. The molecule has 2 unspecified atom stereocenters. The second-order valence-corrected chi connectivity index (χ2v) is 5.91. The van der Waals surface area contributed by atoms with Crippen molar-refractivity contribution >= 4 is 0 Å². The molecule has 0 aromatic rings. The first-order valence-electron chi connectivity index (χ1n) is 7.26. The van der Waals surface area contributed by atoms with E-state index in [9.17, 15) is 0 Å². The summed E-state index contributed by atoms with van der Waals surface area (Å²) in [6.07, 6.45) is 4.58. The van der Waals surface area contributed by atoms with Gasteiger partial charge < -0.3 is 4.74 Å². The zero-order valence-electron chi connectivity index (χ0n) is 11.7. The van der Waals surface area contributed by atoms with E-state index in [1.807, 2.05) is 0 Å². The van der Waals surface area contributed by atoms with E-state index in [1.165, 1.54) is 38.9 Å². The lowest BCUT2D eigenvalue weighted by Crippen LogP contribution is -2.59.